The van der Waals surface area contributed by atoms with Crippen molar-refractivity contribution in [3.8, 4) is 0 Å². The second-order valence-corrected chi connectivity index (χ2v) is 7.87. The number of benzene rings is 2. The van der Waals surface area contributed by atoms with Crippen LogP contribution in [0.25, 0.3) is 6.08 Å². The predicted molar refractivity (Wildman–Crippen MR) is 120 cm³/mol. The summed E-state index contributed by atoms with van der Waals surface area (Å²) in [7, 11) is 0. The van der Waals surface area contributed by atoms with Gasteiger partial charge in [0.05, 0.1) is 32.2 Å². The van der Waals surface area contributed by atoms with Crippen LogP contribution in [0, 0.1) is 6.92 Å². The fourth-order valence-corrected chi connectivity index (χ4v) is 3.92. The van der Waals surface area contributed by atoms with Gasteiger partial charge in [-0.3, -0.25) is 9.59 Å². The molecule has 1 atom stereocenters. The minimum absolute atomic E-state index is 0.0376. The molecule has 0 saturated carbocycles. The Hall–Kier alpha value is -3.18. The van der Waals surface area contributed by atoms with Crippen molar-refractivity contribution in [3.63, 3.8) is 0 Å². The highest BCUT2D eigenvalue weighted by Gasteiger charge is 2.38. The van der Waals surface area contributed by atoms with Crippen LogP contribution in [0.4, 0.5) is 0 Å². The van der Waals surface area contributed by atoms with Crippen LogP contribution in [-0.4, -0.2) is 42.8 Å². The Bertz CT molecular complexity index is 973. The highest BCUT2D eigenvalue weighted by molar-refractivity contribution is 6.14. The summed E-state index contributed by atoms with van der Waals surface area (Å²) in [4.78, 5) is 28.9. The van der Waals surface area contributed by atoms with Gasteiger partial charge in [-0.1, -0.05) is 66.2 Å². The van der Waals surface area contributed by atoms with Crippen molar-refractivity contribution < 1.29 is 19.6 Å². The molecule has 1 aliphatic heterocycles. The van der Waals surface area contributed by atoms with Crippen molar-refractivity contribution >= 4 is 17.8 Å². The zero-order valence-electron chi connectivity index (χ0n) is 18.4. The van der Waals surface area contributed by atoms with Gasteiger partial charge in [0.2, 0.25) is 5.91 Å². The van der Waals surface area contributed by atoms with Crippen LogP contribution in [0.15, 0.2) is 72.0 Å². The number of allylic oxidation sites excluding steroid dienone is 1. The number of hydrogen-bond acceptors (Lipinski definition) is 3. The summed E-state index contributed by atoms with van der Waals surface area (Å²) in [6, 6.07) is 16.5. The number of hydrogen-bond donors (Lipinski definition) is 1. The maximum atomic E-state index is 13.1. The number of likely N-dealkylation sites (N-methyl/N-ethyl adjacent to an activating group) is 1. The lowest BCUT2D eigenvalue weighted by Gasteiger charge is -2.29. The number of rotatable bonds is 9. The molecule has 0 saturated heterocycles. The van der Waals surface area contributed by atoms with Crippen LogP contribution >= 0.6 is 0 Å². The molecular formula is C26H30N2O3. The molecule has 162 valence electrons. The summed E-state index contributed by atoms with van der Waals surface area (Å²) in [5.41, 5.74) is 2.77. The average Bonchev–Trinajstić information content (AvgIpc) is 3.04. The van der Waals surface area contributed by atoms with Gasteiger partial charge >= 0.3 is 0 Å². The van der Waals surface area contributed by atoms with E-state index in [1.54, 1.807) is 11.0 Å². The fraction of sp³-hybridized carbons (Fsp3) is 0.308. The van der Waals surface area contributed by atoms with Crippen molar-refractivity contribution in [1.82, 2.24) is 4.90 Å². The van der Waals surface area contributed by atoms with Crippen LogP contribution in [0.2, 0.25) is 0 Å². The molecule has 1 N–H and O–H groups in total. The molecule has 2 aromatic rings. The summed E-state index contributed by atoms with van der Waals surface area (Å²) in [5.74, 6) is -1.69. The van der Waals surface area contributed by atoms with E-state index >= 15 is 0 Å². The Kier molecular flexibility index (Phi) is 7.42. The van der Waals surface area contributed by atoms with E-state index in [9.17, 15) is 14.7 Å². The molecule has 0 aliphatic carbocycles. The third-order valence-electron chi connectivity index (χ3n) is 5.88. The lowest BCUT2D eigenvalue weighted by atomic mass is 9.95. The number of ketones is 1. The molecule has 3 rings (SSSR count). The normalized spacial score (nSPS) is 16.7. The quantitative estimate of drug-likeness (QED) is 0.631. The topological polar surface area (TPSA) is 64.9 Å². The van der Waals surface area contributed by atoms with Crippen molar-refractivity contribution in [1.29, 1.82) is 0 Å². The zero-order valence-corrected chi connectivity index (χ0v) is 18.4. The van der Waals surface area contributed by atoms with Gasteiger partial charge in [-0.05, 0) is 43.7 Å². The smallest absolute Gasteiger partial charge is 0.240 e. The number of carbonyl (C=O) groups is 2. The molecule has 0 bridgehead atoms. The number of aryl methyl sites for hydroxylation is 1. The first-order chi connectivity index (χ1) is 15.0. The van der Waals surface area contributed by atoms with E-state index in [1.807, 2.05) is 61.5 Å². The van der Waals surface area contributed by atoms with E-state index in [0.29, 0.717) is 6.54 Å². The zero-order chi connectivity index (χ0) is 22.4. The number of carbonyl (C=O) groups excluding carboxylic acids is 2. The summed E-state index contributed by atoms with van der Waals surface area (Å²) < 4.78 is 0. The lowest BCUT2D eigenvalue weighted by Crippen LogP contribution is -3.12. The Morgan fingerprint density at radius 2 is 1.71 bits per heavy atom. The fourth-order valence-electron chi connectivity index (χ4n) is 3.92. The highest BCUT2D eigenvalue weighted by atomic mass is 16.3. The molecule has 5 nitrogen and oxygen atoms in total. The molecule has 2 aromatic carbocycles. The third-order valence-corrected chi connectivity index (χ3v) is 5.88. The molecule has 1 heterocycles. The van der Waals surface area contributed by atoms with E-state index < -0.39 is 23.5 Å². The maximum absolute atomic E-state index is 13.1. The van der Waals surface area contributed by atoms with Gasteiger partial charge in [0.25, 0.3) is 0 Å². The predicted octanol–water partition coefficient (Wildman–Crippen LogP) is 1.70. The van der Waals surface area contributed by atoms with E-state index in [0.717, 1.165) is 36.3 Å². The van der Waals surface area contributed by atoms with Gasteiger partial charge in [0, 0.05) is 5.57 Å². The van der Waals surface area contributed by atoms with Gasteiger partial charge in [0.1, 0.15) is 0 Å². The monoisotopic (exact) mass is 418 g/mol. The Balaban J connectivity index is 1.94. The number of quaternary nitrogens is 1. The SMILES string of the molecule is CC[NH+](CC)CCN1C(=O)C([O-])=C(C(=O)C=Cc2ccccc2)C1c1ccc(C)cc1. The number of nitrogens with one attached hydrogen (secondary N) is 1. The van der Waals surface area contributed by atoms with E-state index in [-0.39, 0.29) is 5.57 Å². The van der Waals surface area contributed by atoms with Gasteiger partial charge in [0.15, 0.2) is 5.78 Å². The van der Waals surface area contributed by atoms with Gasteiger partial charge < -0.3 is 14.9 Å². The highest BCUT2D eigenvalue weighted by Crippen LogP contribution is 2.36. The van der Waals surface area contributed by atoms with Crippen molar-refractivity contribution in [2.45, 2.75) is 26.8 Å². The first-order valence-corrected chi connectivity index (χ1v) is 10.9. The van der Waals surface area contributed by atoms with Crippen LogP contribution in [-0.2, 0) is 9.59 Å². The minimum Gasteiger partial charge on any atom is -0.868 e. The van der Waals surface area contributed by atoms with E-state index in [1.165, 1.54) is 11.0 Å². The number of amides is 1. The van der Waals surface area contributed by atoms with E-state index in [4.69, 9.17) is 0 Å². The van der Waals surface area contributed by atoms with Crippen LogP contribution in [0.5, 0.6) is 0 Å². The van der Waals surface area contributed by atoms with Gasteiger partial charge in [-0.15, -0.1) is 0 Å². The van der Waals surface area contributed by atoms with Gasteiger partial charge in [-0.2, -0.15) is 0 Å². The summed E-state index contributed by atoms with van der Waals surface area (Å²) in [5, 5.41) is 12.9. The molecule has 1 aliphatic rings. The molecule has 1 unspecified atom stereocenters. The standard InChI is InChI=1S/C26H30N2O3/c1-4-27(5-2)17-18-28-24(21-14-11-19(3)12-15-21)23(25(30)26(28)31)22(29)16-13-20-9-7-6-8-10-20/h6-16,24,30H,4-5,17-18H2,1-3H3. The molecule has 0 fully saturated rings. The molecule has 0 aromatic heterocycles. The second-order valence-electron chi connectivity index (χ2n) is 7.87. The average molecular weight is 419 g/mol. The molecular weight excluding hydrogens is 388 g/mol. The molecule has 5 heteroatoms. The molecule has 31 heavy (non-hydrogen) atoms. The largest absolute Gasteiger partial charge is 0.868 e. The van der Waals surface area contributed by atoms with Crippen molar-refractivity contribution in [2.24, 2.45) is 0 Å². The molecule has 0 spiro atoms. The van der Waals surface area contributed by atoms with Gasteiger partial charge in [-0.25, -0.2) is 0 Å². The Morgan fingerprint density at radius 3 is 2.32 bits per heavy atom. The first-order valence-electron chi connectivity index (χ1n) is 10.9. The van der Waals surface area contributed by atoms with Crippen molar-refractivity contribution in [3.05, 3.63) is 88.7 Å². The summed E-state index contributed by atoms with van der Waals surface area (Å²) >= 11 is 0. The minimum atomic E-state index is -0.692. The Labute approximate surface area is 184 Å². The first kappa shape index (κ1) is 22.5. The maximum Gasteiger partial charge on any atom is 0.240 e. The van der Waals surface area contributed by atoms with E-state index in [2.05, 4.69) is 13.8 Å². The van der Waals surface area contributed by atoms with Crippen molar-refractivity contribution in [2.75, 3.05) is 26.2 Å². The van der Waals surface area contributed by atoms with Crippen LogP contribution < -0.4 is 10.0 Å². The number of nitrogens with zero attached hydrogens (tertiary/aromatic N) is 1. The molecule has 0 radical (unpaired) electrons. The summed E-state index contributed by atoms with van der Waals surface area (Å²) in [6.07, 6.45) is 3.08. The third kappa shape index (κ3) is 5.12. The second kappa shape index (κ2) is 10.2. The summed E-state index contributed by atoms with van der Waals surface area (Å²) in [6.45, 7) is 9.23. The molecule has 1 amide bonds. The van der Waals surface area contributed by atoms with Crippen LogP contribution in [0.3, 0.4) is 0 Å². The Morgan fingerprint density at radius 1 is 1.06 bits per heavy atom. The van der Waals surface area contributed by atoms with Crippen LogP contribution in [0.1, 0.15) is 36.6 Å². The lowest BCUT2D eigenvalue weighted by molar-refractivity contribution is -0.895.